The Balaban J connectivity index is 1.59. The van der Waals surface area contributed by atoms with Crippen LogP contribution in [0.5, 0.6) is 5.75 Å². The van der Waals surface area contributed by atoms with Crippen molar-refractivity contribution in [1.82, 2.24) is 9.80 Å². The minimum atomic E-state index is -1.32. The monoisotopic (exact) mass is 495 g/mol. The maximum absolute atomic E-state index is 14.5. The van der Waals surface area contributed by atoms with Crippen LogP contribution in [0.3, 0.4) is 0 Å². The van der Waals surface area contributed by atoms with Gasteiger partial charge < -0.3 is 18.9 Å². The molecule has 1 aromatic carbocycles. The van der Waals surface area contributed by atoms with Gasteiger partial charge in [0.1, 0.15) is 26.3 Å². The Morgan fingerprint density at radius 3 is 2.71 bits per heavy atom. The summed E-state index contributed by atoms with van der Waals surface area (Å²) in [7, 11) is 3.44. The number of likely N-dealkylation sites (N-methyl/N-ethyl adjacent to an activating group) is 1. The van der Waals surface area contributed by atoms with Crippen molar-refractivity contribution in [3.8, 4) is 5.75 Å². The summed E-state index contributed by atoms with van der Waals surface area (Å²) in [6.07, 6.45) is 3.15. The molecule has 1 N–H and O–H groups in total. The number of methoxy groups -OCH3 is 1. The summed E-state index contributed by atoms with van der Waals surface area (Å²) in [5, 5.41) is 3.01. The Morgan fingerprint density at radius 2 is 2.00 bits per heavy atom. The van der Waals surface area contributed by atoms with E-state index < -0.39 is 16.2 Å². The predicted molar refractivity (Wildman–Crippen MR) is 130 cm³/mol. The van der Waals surface area contributed by atoms with Gasteiger partial charge in [-0.2, -0.15) is 0 Å². The number of likely N-dealkylation sites (tertiary alicyclic amines) is 1. The van der Waals surface area contributed by atoms with Crippen molar-refractivity contribution in [2.24, 2.45) is 0 Å². The number of hydrogen-bond acceptors (Lipinski definition) is 8. The fourth-order valence-electron chi connectivity index (χ4n) is 5.66. The smallest absolute Gasteiger partial charge is 0.251 e. The molecule has 0 bridgehead atoms. The van der Waals surface area contributed by atoms with Gasteiger partial charge in [0.2, 0.25) is 5.91 Å². The number of rotatable bonds is 4. The van der Waals surface area contributed by atoms with E-state index in [1.54, 1.807) is 48.8 Å². The molecule has 3 aliphatic heterocycles. The van der Waals surface area contributed by atoms with Crippen LogP contribution in [0, 0.1) is 0 Å². The zero-order valence-corrected chi connectivity index (χ0v) is 20.1. The summed E-state index contributed by atoms with van der Waals surface area (Å²) in [5.74, 6) is 0.918. The summed E-state index contributed by atoms with van der Waals surface area (Å²) >= 11 is 7.01. The third-order valence-electron chi connectivity index (χ3n) is 7.06. The van der Waals surface area contributed by atoms with E-state index >= 15 is 0 Å². The number of ether oxygens (including phenoxy) is 1. The summed E-state index contributed by atoms with van der Waals surface area (Å²) < 4.78 is 15.9. The maximum atomic E-state index is 14.5. The number of anilines is 1. The van der Waals surface area contributed by atoms with E-state index in [1.165, 1.54) is 11.8 Å². The van der Waals surface area contributed by atoms with Crippen molar-refractivity contribution < 1.29 is 23.2 Å². The van der Waals surface area contributed by atoms with Crippen LogP contribution < -0.4 is 10.1 Å². The van der Waals surface area contributed by atoms with Gasteiger partial charge in [-0.15, -0.1) is 0 Å². The number of carbonyl (C=O) groups is 2. The SMILES string of the molecule is COc1ccc2c(c1)[C@]1(C(=O)N2)N(C)C[C@H](c2ccco2)[C@@]12SC(=S)N(Cc1ccco1)C2=O. The summed E-state index contributed by atoms with van der Waals surface area (Å²) in [4.78, 5) is 31.9. The highest BCUT2D eigenvalue weighted by Gasteiger charge is 2.78. The van der Waals surface area contributed by atoms with Gasteiger partial charge in [-0.3, -0.25) is 19.4 Å². The molecule has 0 radical (unpaired) electrons. The number of thiocarbonyl (C=S) groups is 1. The Kier molecular flexibility index (Phi) is 4.71. The molecule has 10 heteroatoms. The van der Waals surface area contributed by atoms with Gasteiger partial charge in [0.25, 0.3) is 5.91 Å². The highest BCUT2D eigenvalue weighted by Crippen LogP contribution is 2.66. The lowest BCUT2D eigenvalue weighted by Crippen LogP contribution is -2.61. The van der Waals surface area contributed by atoms with Crippen LogP contribution in [-0.2, 0) is 21.7 Å². The van der Waals surface area contributed by atoms with Crippen LogP contribution in [-0.4, -0.2) is 51.4 Å². The molecule has 2 saturated heterocycles. The molecule has 0 saturated carbocycles. The lowest BCUT2D eigenvalue weighted by atomic mass is 9.73. The van der Waals surface area contributed by atoms with Gasteiger partial charge in [0, 0.05) is 17.8 Å². The maximum Gasteiger partial charge on any atom is 0.251 e. The molecular formula is C24H21N3O5S2. The number of carbonyl (C=O) groups excluding carboxylic acids is 2. The lowest BCUT2D eigenvalue weighted by Gasteiger charge is -2.41. The summed E-state index contributed by atoms with van der Waals surface area (Å²) in [5.41, 5.74) is 0.0238. The Hall–Kier alpha value is -3.08. The van der Waals surface area contributed by atoms with Crippen molar-refractivity contribution in [2.45, 2.75) is 22.7 Å². The first-order valence-electron chi connectivity index (χ1n) is 10.8. The first kappa shape index (κ1) is 21.5. The normalized spacial score (nSPS) is 28.4. The second kappa shape index (κ2) is 7.46. The molecule has 34 heavy (non-hydrogen) atoms. The van der Waals surface area contributed by atoms with Crippen molar-refractivity contribution in [3.63, 3.8) is 0 Å². The Morgan fingerprint density at radius 1 is 1.21 bits per heavy atom. The molecule has 0 aliphatic carbocycles. The van der Waals surface area contributed by atoms with Crippen molar-refractivity contribution >= 4 is 45.8 Å². The standard InChI is InChI=1S/C24H21N3O5S2/c1-26-13-17(19-6-4-10-32-19)24(21(29)27(22(33)34-24)12-15-5-3-9-31-15)23(26)16-11-14(30-2)7-8-18(16)25-20(23)28/h3-11,17H,12-13H2,1-2H3,(H,25,28)/t17-,23-,24+/m1/s1. The number of nitrogens with one attached hydrogen (secondary N) is 1. The number of nitrogens with zero attached hydrogens (tertiary/aromatic N) is 2. The average molecular weight is 496 g/mol. The second-order valence-corrected chi connectivity index (χ2v) is 10.5. The largest absolute Gasteiger partial charge is 0.497 e. The Bertz CT molecular complexity index is 1310. The van der Waals surface area contributed by atoms with Crippen molar-refractivity contribution in [3.05, 3.63) is 72.1 Å². The third kappa shape index (κ3) is 2.56. The number of furan rings is 2. The second-order valence-electron chi connectivity index (χ2n) is 8.60. The fraction of sp³-hybridized carbons (Fsp3) is 0.292. The Labute approximate surface area is 205 Å². The average Bonchev–Trinajstić information content (AvgIpc) is 3.63. The molecule has 0 unspecified atom stereocenters. The molecule has 5 heterocycles. The van der Waals surface area contributed by atoms with Crippen LogP contribution in [0.25, 0.3) is 0 Å². The zero-order valence-electron chi connectivity index (χ0n) is 18.4. The molecule has 2 spiro atoms. The van der Waals surface area contributed by atoms with Crippen molar-refractivity contribution in [1.29, 1.82) is 0 Å². The molecule has 3 atom stereocenters. The molecule has 2 fully saturated rings. The predicted octanol–water partition coefficient (Wildman–Crippen LogP) is 3.56. The molecule has 2 aromatic heterocycles. The number of benzene rings is 1. The van der Waals surface area contributed by atoms with E-state index in [2.05, 4.69) is 5.32 Å². The topological polar surface area (TPSA) is 88.2 Å². The van der Waals surface area contributed by atoms with E-state index in [4.69, 9.17) is 25.8 Å². The van der Waals surface area contributed by atoms with Crippen LogP contribution >= 0.6 is 24.0 Å². The van der Waals surface area contributed by atoms with Gasteiger partial charge in [-0.1, -0.05) is 24.0 Å². The first-order chi connectivity index (χ1) is 16.4. The molecule has 8 nitrogen and oxygen atoms in total. The molecule has 174 valence electrons. The highest BCUT2D eigenvalue weighted by molar-refractivity contribution is 8.25. The molecule has 6 rings (SSSR count). The summed E-state index contributed by atoms with van der Waals surface area (Å²) in [6, 6.07) is 12.7. The van der Waals surface area contributed by atoms with Crippen LogP contribution in [0.15, 0.2) is 63.8 Å². The van der Waals surface area contributed by atoms with Gasteiger partial charge >= 0.3 is 0 Å². The van der Waals surface area contributed by atoms with Crippen molar-refractivity contribution in [2.75, 3.05) is 26.0 Å². The van der Waals surface area contributed by atoms with E-state index in [0.29, 0.717) is 39.4 Å². The minimum absolute atomic E-state index is 0.191. The molecule has 2 amide bonds. The number of thioether (sulfide) groups is 1. The fourth-order valence-corrected chi connectivity index (χ4v) is 7.77. The van der Waals surface area contributed by atoms with Gasteiger partial charge in [0.15, 0.2) is 5.54 Å². The number of amides is 2. The van der Waals surface area contributed by atoms with E-state index in [9.17, 15) is 9.59 Å². The molecular weight excluding hydrogens is 474 g/mol. The molecule has 3 aliphatic rings. The van der Waals surface area contributed by atoms with E-state index in [1.807, 2.05) is 30.1 Å². The minimum Gasteiger partial charge on any atom is -0.497 e. The van der Waals surface area contributed by atoms with Crippen LogP contribution in [0.2, 0.25) is 0 Å². The van der Waals surface area contributed by atoms with E-state index in [-0.39, 0.29) is 18.4 Å². The van der Waals surface area contributed by atoms with Gasteiger partial charge in [-0.05, 0) is 49.5 Å². The number of hydrogen-bond donors (Lipinski definition) is 1. The van der Waals surface area contributed by atoms with Gasteiger partial charge in [0.05, 0.1) is 32.1 Å². The number of fused-ring (bicyclic) bond motifs is 3. The van der Waals surface area contributed by atoms with Gasteiger partial charge in [-0.25, -0.2) is 0 Å². The lowest BCUT2D eigenvalue weighted by molar-refractivity contribution is -0.138. The highest BCUT2D eigenvalue weighted by atomic mass is 32.2. The third-order valence-corrected chi connectivity index (χ3v) is 9.00. The zero-order chi connectivity index (χ0) is 23.7. The first-order valence-corrected chi connectivity index (χ1v) is 12.0. The quantitative estimate of drug-likeness (QED) is 0.550. The molecule has 3 aromatic rings. The van der Waals surface area contributed by atoms with E-state index in [0.717, 1.165) is 0 Å². The van der Waals surface area contributed by atoms with Crippen LogP contribution in [0.1, 0.15) is 23.0 Å². The van der Waals surface area contributed by atoms with Crippen LogP contribution in [0.4, 0.5) is 5.69 Å². The summed E-state index contributed by atoms with van der Waals surface area (Å²) in [6.45, 7) is 0.615.